The van der Waals surface area contributed by atoms with Gasteiger partial charge in [0.15, 0.2) is 11.7 Å². The number of rotatable bonds is 8. The molecule has 0 radical (unpaired) electrons. The van der Waals surface area contributed by atoms with Crippen LogP contribution in [-0.4, -0.2) is 24.0 Å². The number of benzene rings is 2. The summed E-state index contributed by atoms with van der Waals surface area (Å²) in [5, 5.41) is 2.89. The number of methoxy groups -OCH3 is 1. The van der Waals surface area contributed by atoms with Gasteiger partial charge in [0, 0.05) is 24.4 Å². The molecule has 146 valence electrons. The van der Waals surface area contributed by atoms with E-state index in [2.05, 4.69) is 10.3 Å². The first-order valence-corrected chi connectivity index (χ1v) is 9.17. The molecule has 3 aromatic rings. The van der Waals surface area contributed by atoms with Crippen molar-refractivity contribution in [2.45, 2.75) is 32.2 Å². The van der Waals surface area contributed by atoms with Gasteiger partial charge >= 0.3 is 0 Å². The predicted molar refractivity (Wildman–Crippen MR) is 105 cm³/mol. The van der Waals surface area contributed by atoms with E-state index in [0.717, 1.165) is 11.3 Å². The van der Waals surface area contributed by atoms with Gasteiger partial charge in [0.1, 0.15) is 11.6 Å². The average Bonchev–Trinajstić information content (AvgIpc) is 3.17. The number of hydrogen-bond acceptors (Lipinski definition) is 4. The van der Waals surface area contributed by atoms with E-state index in [1.54, 1.807) is 31.5 Å². The number of nitrogens with zero attached hydrogens (tertiary/aromatic N) is 1. The van der Waals surface area contributed by atoms with Gasteiger partial charge in [0.25, 0.3) is 0 Å². The number of carbonyl (C=O) groups excluding carboxylic acids is 1. The number of aromatic nitrogens is 1. The molecule has 5 nitrogen and oxygen atoms in total. The maximum atomic E-state index is 13.7. The molecule has 1 unspecified atom stereocenters. The standard InChI is InChI=1S/C22H23FN2O3/c1-15(13-17-5-3-4-6-19(17)23)25-21(26)11-12-22-24-14-20(28-22)16-7-9-18(27-2)10-8-16/h3-10,14-15H,11-13H2,1-2H3,(H,25,26). The first-order chi connectivity index (χ1) is 13.5. The van der Waals surface area contributed by atoms with Crippen molar-refractivity contribution in [3.8, 4) is 17.1 Å². The van der Waals surface area contributed by atoms with E-state index in [0.29, 0.717) is 30.1 Å². The lowest BCUT2D eigenvalue weighted by atomic mass is 10.1. The Bertz CT molecular complexity index is 922. The van der Waals surface area contributed by atoms with Crippen molar-refractivity contribution >= 4 is 5.91 Å². The minimum Gasteiger partial charge on any atom is -0.497 e. The second kappa shape index (κ2) is 9.17. The summed E-state index contributed by atoms with van der Waals surface area (Å²) < 4.78 is 24.6. The van der Waals surface area contributed by atoms with E-state index < -0.39 is 0 Å². The summed E-state index contributed by atoms with van der Waals surface area (Å²) in [6.07, 6.45) is 2.74. The number of carbonyl (C=O) groups is 1. The van der Waals surface area contributed by atoms with Crippen molar-refractivity contribution in [2.75, 3.05) is 7.11 Å². The van der Waals surface area contributed by atoms with Crippen molar-refractivity contribution in [3.63, 3.8) is 0 Å². The maximum absolute atomic E-state index is 13.7. The Hall–Kier alpha value is -3.15. The van der Waals surface area contributed by atoms with Gasteiger partial charge in [-0.2, -0.15) is 0 Å². The predicted octanol–water partition coefficient (Wildman–Crippen LogP) is 4.17. The number of aryl methyl sites for hydroxylation is 1. The second-order valence-electron chi connectivity index (χ2n) is 6.61. The molecule has 1 heterocycles. The van der Waals surface area contributed by atoms with Crippen molar-refractivity contribution < 1.29 is 18.3 Å². The van der Waals surface area contributed by atoms with Crippen LogP contribution in [-0.2, 0) is 17.6 Å². The van der Waals surface area contributed by atoms with Gasteiger partial charge in [-0.3, -0.25) is 4.79 Å². The smallest absolute Gasteiger partial charge is 0.220 e. The molecular formula is C22H23FN2O3. The highest BCUT2D eigenvalue weighted by Gasteiger charge is 2.13. The molecule has 1 N–H and O–H groups in total. The lowest BCUT2D eigenvalue weighted by Gasteiger charge is -2.14. The Morgan fingerprint density at radius 3 is 2.68 bits per heavy atom. The molecule has 0 aliphatic rings. The largest absolute Gasteiger partial charge is 0.497 e. The summed E-state index contributed by atoms with van der Waals surface area (Å²) in [6, 6.07) is 13.9. The fourth-order valence-electron chi connectivity index (χ4n) is 2.93. The molecule has 28 heavy (non-hydrogen) atoms. The molecule has 1 amide bonds. The summed E-state index contributed by atoms with van der Waals surface area (Å²) in [6.45, 7) is 1.86. The second-order valence-corrected chi connectivity index (χ2v) is 6.61. The summed E-state index contributed by atoms with van der Waals surface area (Å²) in [5.74, 6) is 1.54. The monoisotopic (exact) mass is 382 g/mol. The minimum atomic E-state index is -0.255. The third-order valence-corrected chi connectivity index (χ3v) is 4.39. The number of hydrogen-bond donors (Lipinski definition) is 1. The van der Waals surface area contributed by atoms with Gasteiger partial charge in [0.05, 0.1) is 13.3 Å². The van der Waals surface area contributed by atoms with Crippen LogP contribution in [0.3, 0.4) is 0 Å². The molecule has 0 aliphatic carbocycles. The highest BCUT2D eigenvalue weighted by atomic mass is 19.1. The van der Waals surface area contributed by atoms with Crippen LogP contribution in [0.2, 0.25) is 0 Å². The fraction of sp³-hybridized carbons (Fsp3) is 0.273. The highest BCUT2D eigenvalue weighted by Crippen LogP contribution is 2.23. The van der Waals surface area contributed by atoms with Gasteiger partial charge in [-0.1, -0.05) is 18.2 Å². The van der Waals surface area contributed by atoms with Crippen molar-refractivity contribution in [3.05, 3.63) is 72.0 Å². The normalized spacial score (nSPS) is 11.8. The molecule has 0 fully saturated rings. The van der Waals surface area contributed by atoms with Gasteiger partial charge in [0.2, 0.25) is 5.91 Å². The fourth-order valence-corrected chi connectivity index (χ4v) is 2.93. The van der Waals surface area contributed by atoms with E-state index in [4.69, 9.17) is 9.15 Å². The zero-order valence-corrected chi connectivity index (χ0v) is 15.9. The van der Waals surface area contributed by atoms with E-state index >= 15 is 0 Å². The number of ether oxygens (including phenoxy) is 1. The third-order valence-electron chi connectivity index (χ3n) is 4.39. The first-order valence-electron chi connectivity index (χ1n) is 9.17. The number of oxazole rings is 1. The third kappa shape index (κ3) is 5.19. The molecular weight excluding hydrogens is 359 g/mol. The molecule has 0 spiro atoms. The Morgan fingerprint density at radius 2 is 1.96 bits per heavy atom. The van der Waals surface area contributed by atoms with E-state index in [1.807, 2.05) is 31.2 Å². The quantitative estimate of drug-likeness (QED) is 0.635. The molecule has 0 bridgehead atoms. The maximum Gasteiger partial charge on any atom is 0.220 e. The topological polar surface area (TPSA) is 64.4 Å². The van der Waals surface area contributed by atoms with Crippen molar-refractivity contribution in [1.29, 1.82) is 0 Å². The summed E-state index contributed by atoms with van der Waals surface area (Å²) in [4.78, 5) is 16.4. The lowest BCUT2D eigenvalue weighted by Crippen LogP contribution is -2.34. The average molecular weight is 382 g/mol. The van der Waals surface area contributed by atoms with Crippen molar-refractivity contribution in [2.24, 2.45) is 0 Å². The summed E-state index contributed by atoms with van der Waals surface area (Å²) in [5.41, 5.74) is 1.48. The number of halogens is 1. The number of nitrogens with one attached hydrogen (secondary N) is 1. The molecule has 3 rings (SSSR count). The highest BCUT2D eigenvalue weighted by molar-refractivity contribution is 5.76. The molecule has 1 aromatic heterocycles. The Balaban J connectivity index is 1.49. The Kier molecular flexibility index (Phi) is 6.42. The van der Waals surface area contributed by atoms with Crippen LogP contribution in [0, 0.1) is 5.82 Å². The van der Waals surface area contributed by atoms with Crippen LogP contribution in [0.4, 0.5) is 4.39 Å². The number of amides is 1. The summed E-state index contributed by atoms with van der Waals surface area (Å²) >= 11 is 0. The molecule has 6 heteroatoms. The minimum absolute atomic E-state index is 0.118. The van der Waals surface area contributed by atoms with Gasteiger partial charge in [-0.15, -0.1) is 0 Å². The molecule has 0 aliphatic heterocycles. The van der Waals surface area contributed by atoms with Crippen LogP contribution in [0.15, 0.2) is 59.1 Å². The van der Waals surface area contributed by atoms with Crippen LogP contribution in [0.5, 0.6) is 5.75 Å². The van der Waals surface area contributed by atoms with E-state index in [9.17, 15) is 9.18 Å². The van der Waals surface area contributed by atoms with Crippen molar-refractivity contribution in [1.82, 2.24) is 10.3 Å². The molecule has 2 aromatic carbocycles. The SMILES string of the molecule is COc1ccc(-c2cnc(CCC(=O)NC(C)Cc3ccccc3F)o2)cc1. The van der Waals surface area contributed by atoms with Gasteiger partial charge < -0.3 is 14.5 Å². The van der Waals surface area contributed by atoms with Crippen LogP contribution in [0.1, 0.15) is 24.8 Å². The van der Waals surface area contributed by atoms with Crippen LogP contribution in [0.25, 0.3) is 11.3 Å². The molecule has 0 saturated heterocycles. The Morgan fingerprint density at radius 1 is 1.21 bits per heavy atom. The Labute approximate surface area is 163 Å². The van der Waals surface area contributed by atoms with Crippen LogP contribution >= 0.6 is 0 Å². The van der Waals surface area contributed by atoms with Crippen LogP contribution < -0.4 is 10.1 Å². The zero-order chi connectivity index (χ0) is 19.9. The zero-order valence-electron chi connectivity index (χ0n) is 15.9. The summed E-state index contributed by atoms with van der Waals surface area (Å²) in [7, 11) is 1.61. The van der Waals surface area contributed by atoms with Gasteiger partial charge in [-0.05, 0) is 49.2 Å². The molecule has 0 saturated carbocycles. The van der Waals surface area contributed by atoms with Gasteiger partial charge in [-0.25, -0.2) is 9.37 Å². The molecule has 1 atom stereocenters. The van der Waals surface area contributed by atoms with E-state index in [-0.39, 0.29) is 24.2 Å². The van der Waals surface area contributed by atoms with E-state index in [1.165, 1.54) is 6.07 Å². The lowest BCUT2D eigenvalue weighted by molar-refractivity contribution is -0.121. The first kappa shape index (κ1) is 19.6.